The van der Waals surface area contributed by atoms with Crippen molar-refractivity contribution in [1.29, 1.82) is 0 Å². The van der Waals surface area contributed by atoms with E-state index in [9.17, 15) is 9.90 Å². The highest BCUT2D eigenvalue weighted by Gasteiger charge is 2.21. The molecular weight excluding hydrogens is 196 g/mol. The first-order valence-corrected chi connectivity index (χ1v) is 5.11. The minimum atomic E-state index is -1.11. The summed E-state index contributed by atoms with van der Waals surface area (Å²) >= 11 is 0. The molecule has 2 N–H and O–H groups in total. The zero-order chi connectivity index (χ0) is 11.4. The standard InChI is InChI=1S/C11H16O4/c1-3-7(4-2)10(12)8-5-6-9(15-8)11(13)14/h5-7,10,12H,3-4H2,1-2H3,(H,13,14). The van der Waals surface area contributed by atoms with Crippen molar-refractivity contribution in [2.45, 2.75) is 32.8 Å². The third-order valence-corrected chi connectivity index (χ3v) is 2.62. The molecule has 0 saturated carbocycles. The van der Waals surface area contributed by atoms with Crippen LogP contribution in [0, 0.1) is 5.92 Å². The fourth-order valence-electron chi connectivity index (χ4n) is 1.59. The Kier molecular flexibility index (Phi) is 3.91. The van der Waals surface area contributed by atoms with Gasteiger partial charge in [-0.2, -0.15) is 0 Å². The van der Waals surface area contributed by atoms with Crippen molar-refractivity contribution in [2.75, 3.05) is 0 Å². The normalized spacial score (nSPS) is 13.1. The van der Waals surface area contributed by atoms with Gasteiger partial charge < -0.3 is 14.6 Å². The monoisotopic (exact) mass is 212 g/mol. The van der Waals surface area contributed by atoms with E-state index in [4.69, 9.17) is 9.52 Å². The molecule has 4 heteroatoms. The molecule has 1 rings (SSSR count). The maximum Gasteiger partial charge on any atom is 0.371 e. The van der Waals surface area contributed by atoms with Gasteiger partial charge in [0.1, 0.15) is 11.9 Å². The molecule has 0 aliphatic rings. The topological polar surface area (TPSA) is 70.7 Å². The Morgan fingerprint density at radius 2 is 2.00 bits per heavy atom. The van der Waals surface area contributed by atoms with Crippen LogP contribution >= 0.6 is 0 Å². The fraction of sp³-hybridized carbons (Fsp3) is 0.545. The first-order valence-electron chi connectivity index (χ1n) is 5.11. The first kappa shape index (κ1) is 11.8. The molecule has 84 valence electrons. The summed E-state index contributed by atoms with van der Waals surface area (Å²) in [6, 6.07) is 2.88. The highest BCUT2D eigenvalue weighted by atomic mass is 16.4. The molecule has 15 heavy (non-hydrogen) atoms. The lowest BCUT2D eigenvalue weighted by atomic mass is 9.95. The third-order valence-electron chi connectivity index (χ3n) is 2.62. The van der Waals surface area contributed by atoms with Gasteiger partial charge in [-0.1, -0.05) is 26.7 Å². The third kappa shape index (κ3) is 2.59. The van der Waals surface area contributed by atoms with Crippen molar-refractivity contribution < 1.29 is 19.4 Å². The van der Waals surface area contributed by atoms with Gasteiger partial charge in [0.2, 0.25) is 5.76 Å². The number of hydrogen-bond acceptors (Lipinski definition) is 3. The number of aromatic carboxylic acids is 1. The fourth-order valence-corrected chi connectivity index (χ4v) is 1.59. The lowest BCUT2D eigenvalue weighted by Crippen LogP contribution is -2.10. The molecule has 1 aromatic rings. The molecule has 0 amide bonds. The van der Waals surface area contributed by atoms with Crippen LogP contribution in [0.4, 0.5) is 0 Å². The first-order chi connectivity index (χ1) is 7.10. The summed E-state index contributed by atoms with van der Waals surface area (Å²) in [6.45, 7) is 3.97. The molecule has 0 saturated heterocycles. The Hall–Kier alpha value is -1.29. The predicted octanol–water partition coefficient (Wildman–Crippen LogP) is 2.45. The van der Waals surface area contributed by atoms with Crippen LogP contribution in [0.25, 0.3) is 0 Å². The Balaban J connectivity index is 2.81. The van der Waals surface area contributed by atoms with Crippen LogP contribution in [-0.2, 0) is 0 Å². The molecule has 0 aliphatic heterocycles. The minimum Gasteiger partial charge on any atom is -0.475 e. The van der Waals surface area contributed by atoms with Crippen molar-refractivity contribution in [3.63, 3.8) is 0 Å². The Morgan fingerprint density at radius 3 is 2.40 bits per heavy atom. The average Bonchev–Trinajstić information content (AvgIpc) is 2.68. The van der Waals surface area contributed by atoms with Gasteiger partial charge in [-0.3, -0.25) is 0 Å². The highest BCUT2D eigenvalue weighted by molar-refractivity contribution is 5.84. The zero-order valence-electron chi connectivity index (χ0n) is 8.93. The second-order valence-corrected chi connectivity index (χ2v) is 3.53. The van der Waals surface area contributed by atoms with E-state index in [0.29, 0.717) is 5.76 Å². The zero-order valence-corrected chi connectivity index (χ0v) is 8.93. The van der Waals surface area contributed by atoms with E-state index < -0.39 is 12.1 Å². The van der Waals surface area contributed by atoms with E-state index in [1.807, 2.05) is 13.8 Å². The Labute approximate surface area is 88.5 Å². The van der Waals surface area contributed by atoms with E-state index in [0.717, 1.165) is 12.8 Å². The molecule has 4 nitrogen and oxygen atoms in total. The van der Waals surface area contributed by atoms with Gasteiger partial charge in [0.25, 0.3) is 0 Å². The Bertz CT molecular complexity index is 325. The second kappa shape index (κ2) is 4.98. The molecule has 0 radical (unpaired) electrons. The van der Waals surface area contributed by atoms with Gasteiger partial charge in [-0.15, -0.1) is 0 Å². The van der Waals surface area contributed by atoms with Crippen molar-refractivity contribution in [1.82, 2.24) is 0 Å². The number of carbonyl (C=O) groups is 1. The summed E-state index contributed by atoms with van der Waals surface area (Å²) in [5.74, 6) is -0.799. The van der Waals surface area contributed by atoms with E-state index >= 15 is 0 Å². The minimum absolute atomic E-state index is 0.109. The number of rotatable bonds is 5. The SMILES string of the molecule is CCC(CC)C(O)c1ccc(C(=O)O)o1. The number of carboxylic acid groups (broad SMARTS) is 1. The molecule has 0 aliphatic carbocycles. The summed E-state index contributed by atoms with van der Waals surface area (Å²) in [5.41, 5.74) is 0. The predicted molar refractivity (Wildman–Crippen MR) is 54.7 cm³/mol. The summed E-state index contributed by atoms with van der Waals surface area (Å²) in [4.78, 5) is 10.6. The van der Waals surface area contributed by atoms with Crippen molar-refractivity contribution in [3.05, 3.63) is 23.7 Å². The van der Waals surface area contributed by atoms with E-state index in [-0.39, 0.29) is 11.7 Å². The molecule has 1 atom stereocenters. The smallest absolute Gasteiger partial charge is 0.371 e. The summed E-state index contributed by atoms with van der Waals surface area (Å²) in [7, 11) is 0. The highest BCUT2D eigenvalue weighted by Crippen LogP contribution is 2.28. The Morgan fingerprint density at radius 1 is 1.40 bits per heavy atom. The number of furan rings is 1. The number of hydrogen-bond donors (Lipinski definition) is 2. The van der Waals surface area contributed by atoms with Gasteiger partial charge in [-0.25, -0.2) is 4.79 Å². The number of aliphatic hydroxyl groups excluding tert-OH is 1. The van der Waals surface area contributed by atoms with E-state index in [1.165, 1.54) is 12.1 Å². The van der Waals surface area contributed by atoms with Crippen molar-refractivity contribution >= 4 is 5.97 Å². The summed E-state index contributed by atoms with van der Waals surface area (Å²) < 4.78 is 5.04. The van der Waals surface area contributed by atoms with E-state index in [2.05, 4.69) is 0 Å². The largest absolute Gasteiger partial charge is 0.475 e. The average molecular weight is 212 g/mol. The van der Waals surface area contributed by atoms with Gasteiger partial charge >= 0.3 is 5.97 Å². The van der Waals surface area contributed by atoms with Gasteiger partial charge in [0.05, 0.1) is 0 Å². The van der Waals surface area contributed by atoms with Gasteiger partial charge in [0.15, 0.2) is 0 Å². The molecule has 0 aromatic carbocycles. The van der Waals surface area contributed by atoms with Crippen molar-refractivity contribution in [2.24, 2.45) is 5.92 Å². The molecule has 1 heterocycles. The van der Waals surface area contributed by atoms with Crippen LogP contribution in [0.1, 0.15) is 49.1 Å². The maximum atomic E-state index is 10.6. The van der Waals surface area contributed by atoms with Gasteiger partial charge in [-0.05, 0) is 18.1 Å². The number of carboxylic acids is 1. The number of aliphatic hydroxyl groups is 1. The van der Waals surface area contributed by atoms with Crippen LogP contribution in [0.5, 0.6) is 0 Å². The molecular formula is C11H16O4. The second-order valence-electron chi connectivity index (χ2n) is 3.53. The molecule has 0 bridgehead atoms. The lowest BCUT2D eigenvalue weighted by molar-refractivity contribution is 0.0617. The van der Waals surface area contributed by atoms with Crippen LogP contribution < -0.4 is 0 Å². The summed E-state index contributed by atoms with van der Waals surface area (Å²) in [6.07, 6.45) is 0.953. The van der Waals surface area contributed by atoms with Gasteiger partial charge in [0, 0.05) is 0 Å². The van der Waals surface area contributed by atoms with Crippen LogP contribution in [0.3, 0.4) is 0 Å². The van der Waals surface area contributed by atoms with Crippen LogP contribution in [0.15, 0.2) is 16.5 Å². The summed E-state index contributed by atoms with van der Waals surface area (Å²) in [5, 5.41) is 18.5. The quantitative estimate of drug-likeness (QED) is 0.786. The molecule has 1 unspecified atom stereocenters. The van der Waals surface area contributed by atoms with E-state index in [1.54, 1.807) is 0 Å². The van der Waals surface area contributed by atoms with Crippen LogP contribution in [-0.4, -0.2) is 16.2 Å². The molecule has 0 fully saturated rings. The molecule has 1 aromatic heterocycles. The lowest BCUT2D eigenvalue weighted by Gasteiger charge is -2.17. The maximum absolute atomic E-state index is 10.6. The molecule has 0 spiro atoms. The van der Waals surface area contributed by atoms with Crippen LogP contribution in [0.2, 0.25) is 0 Å². The van der Waals surface area contributed by atoms with Crippen molar-refractivity contribution in [3.8, 4) is 0 Å².